The standard InChI is InChI=1S/C14H20ClNO/c1-2-16-12-8-4-6-10-14(12)17-13-9-5-3-7-11(13)15/h3,5,7,9,12,14,16H,2,4,6,8,10H2,1H3. The van der Waals surface area contributed by atoms with E-state index < -0.39 is 0 Å². The van der Waals surface area contributed by atoms with E-state index in [9.17, 15) is 0 Å². The highest BCUT2D eigenvalue weighted by Gasteiger charge is 2.26. The molecule has 0 spiro atoms. The van der Waals surface area contributed by atoms with Gasteiger partial charge in [-0.25, -0.2) is 0 Å². The Bertz CT molecular complexity index is 354. The highest BCUT2D eigenvalue weighted by Crippen LogP contribution is 2.28. The summed E-state index contributed by atoms with van der Waals surface area (Å²) < 4.78 is 6.06. The SMILES string of the molecule is CCNC1CCCCC1Oc1ccccc1Cl. The molecule has 17 heavy (non-hydrogen) atoms. The lowest BCUT2D eigenvalue weighted by Crippen LogP contribution is -2.45. The molecule has 1 fully saturated rings. The van der Waals surface area contributed by atoms with Crippen LogP contribution < -0.4 is 10.1 Å². The molecule has 0 bridgehead atoms. The molecule has 0 radical (unpaired) electrons. The molecule has 2 unspecified atom stereocenters. The quantitative estimate of drug-likeness (QED) is 0.885. The lowest BCUT2D eigenvalue weighted by molar-refractivity contribution is 0.115. The highest BCUT2D eigenvalue weighted by atomic mass is 35.5. The maximum absolute atomic E-state index is 6.12. The molecule has 3 heteroatoms. The van der Waals surface area contributed by atoms with Crippen molar-refractivity contribution in [2.24, 2.45) is 0 Å². The van der Waals surface area contributed by atoms with Crippen LogP contribution in [-0.2, 0) is 0 Å². The van der Waals surface area contributed by atoms with Crippen LogP contribution in [0.1, 0.15) is 32.6 Å². The van der Waals surface area contributed by atoms with Gasteiger partial charge in [0.15, 0.2) is 0 Å². The average molecular weight is 254 g/mol. The molecule has 0 heterocycles. The van der Waals surface area contributed by atoms with E-state index in [4.69, 9.17) is 16.3 Å². The molecular formula is C14H20ClNO. The molecule has 0 amide bonds. The lowest BCUT2D eigenvalue weighted by atomic mass is 9.92. The first kappa shape index (κ1) is 12.7. The van der Waals surface area contributed by atoms with Crippen LogP contribution in [0.4, 0.5) is 0 Å². The van der Waals surface area contributed by atoms with Crippen molar-refractivity contribution in [3.8, 4) is 5.75 Å². The van der Waals surface area contributed by atoms with E-state index in [2.05, 4.69) is 12.2 Å². The third kappa shape index (κ3) is 3.36. The molecule has 0 saturated heterocycles. The summed E-state index contributed by atoms with van der Waals surface area (Å²) in [5.41, 5.74) is 0. The van der Waals surface area contributed by atoms with E-state index in [1.165, 1.54) is 19.3 Å². The zero-order valence-electron chi connectivity index (χ0n) is 10.3. The molecule has 2 atom stereocenters. The second-order valence-corrected chi connectivity index (χ2v) is 4.94. The van der Waals surface area contributed by atoms with Gasteiger partial charge < -0.3 is 10.1 Å². The molecule has 1 saturated carbocycles. The van der Waals surface area contributed by atoms with Gasteiger partial charge >= 0.3 is 0 Å². The summed E-state index contributed by atoms with van der Waals surface area (Å²) in [5, 5.41) is 4.21. The number of ether oxygens (including phenoxy) is 1. The van der Waals surface area contributed by atoms with Crippen molar-refractivity contribution < 1.29 is 4.74 Å². The van der Waals surface area contributed by atoms with Gasteiger partial charge in [-0.05, 0) is 37.9 Å². The van der Waals surface area contributed by atoms with Gasteiger partial charge in [0.1, 0.15) is 11.9 Å². The molecule has 1 aromatic carbocycles. The molecule has 1 N–H and O–H groups in total. The van der Waals surface area contributed by atoms with E-state index >= 15 is 0 Å². The Morgan fingerprint density at radius 1 is 1.29 bits per heavy atom. The van der Waals surface area contributed by atoms with Gasteiger partial charge in [-0.3, -0.25) is 0 Å². The number of para-hydroxylation sites is 1. The second-order valence-electron chi connectivity index (χ2n) is 4.54. The molecule has 2 nitrogen and oxygen atoms in total. The molecule has 0 aliphatic heterocycles. The number of rotatable bonds is 4. The molecule has 94 valence electrons. The Hall–Kier alpha value is -0.730. The smallest absolute Gasteiger partial charge is 0.138 e. The topological polar surface area (TPSA) is 21.3 Å². The lowest BCUT2D eigenvalue weighted by Gasteiger charge is -2.32. The molecule has 0 aromatic heterocycles. The predicted molar refractivity (Wildman–Crippen MR) is 71.8 cm³/mol. The summed E-state index contributed by atoms with van der Waals surface area (Å²) >= 11 is 6.12. The monoisotopic (exact) mass is 253 g/mol. The van der Waals surface area contributed by atoms with Gasteiger partial charge in [0.2, 0.25) is 0 Å². The number of benzene rings is 1. The summed E-state index contributed by atoms with van der Waals surface area (Å²) in [6, 6.07) is 8.18. The number of halogens is 1. The van der Waals surface area contributed by atoms with Crippen molar-refractivity contribution in [3.05, 3.63) is 29.3 Å². The summed E-state index contributed by atoms with van der Waals surface area (Å²) in [5.74, 6) is 0.809. The van der Waals surface area contributed by atoms with Crippen molar-refractivity contribution in [3.63, 3.8) is 0 Å². The van der Waals surface area contributed by atoms with E-state index in [1.54, 1.807) is 0 Å². The summed E-state index contributed by atoms with van der Waals surface area (Å²) in [7, 11) is 0. The van der Waals surface area contributed by atoms with Crippen molar-refractivity contribution >= 4 is 11.6 Å². The van der Waals surface area contributed by atoms with E-state index in [-0.39, 0.29) is 6.10 Å². The van der Waals surface area contributed by atoms with Crippen LogP contribution in [0.2, 0.25) is 5.02 Å². The maximum Gasteiger partial charge on any atom is 0.138 e. The largest absolute Gasteiger partial charge is 0.487 e. The van der Waals surface area contributed by atoms with Crippen LogP contribution in [0.25, 0.3) is 0 Å². The predicted octanol–water partition coefficient (Wildman–Crippen LogP) is 3.64. The Morgan fingerprint density at radius 3 is 2.82 bits per heavy atom. The van der Waals surface area contributed by atoms with Crippen LogP contribution in [0.3, 0.4) is 0 Å². The Balaban J connectivity index is 2.03. The Kier molecular flexibility index (Phi) is 4.69. The summed E-state index contributed by atoms with van der Waals surface area (Å²) in [6.07, 6.45) is 5.10. The van der Waals surface area contributed by atoms with E-state index in [1.807, 2.05) is 24.3 Å². The molecule has 1 aromatic rings. The minimum Gasteiger partial charge on any atom is -0.487 e. The maximum atomic E-state index is 6.12. The van der Waals surface area contributed by atoms with Crippen molar-refractivity contribution in [2.45, 2.75) is 44.8 Å². The fourth-order valence-electron chi connectivity index (χ4n) is 2.44. The van der Waals surface area contributed by atoms with Gasteiger partial charge in [-0.1, -0.05) is 37.1 Å². The van der Waals surface area contributed by atoms with E-state index in [0.717, 1.165) is 18.7 Å². The first-order chi connectivity index (χ1) is 8.31. The number of likely N-dealkylation sites (N-methyl/N-ethyl adjacent to an activating group) is 1. The highest BCUT2D eigenvalue weighted by molar-refractivity contribution is 6.32. The molecule has 1 aliphatic carbocycles. The van der Waals surface area contributed by atoms with Crippen molar-refractivity contribution in [2.75, 3.05) is 6.54 Å². The van der Waals surface area contributed by atoms with Crippen LogP contribution in [0.15, 0.2) is 24.3 Å². The molecule has 1 aliphatic rings. The Labute approximate surface area is 108 Å². The number of nitrogens with one attached hydrogen (secondary N) is 1. The van der Waals surface area contributed by atoms with Crippen LogP contribution >= 0.6 is 11.6 Å². The molecular weight excluding hydrogens is 234 g/mol. The van der Waals surface area contributed by atoms with Crippen LogP contribution in [0, 0.1) is 0 Å². The summed E-state index contributed by atoms with van der Waals surface area (Å²) in [4.78, 5) is 0. The van der Waals surface area contributed by atoms with Gasteiger partial charge in [-0.2, -0.15) is 0 Å². The van der Waals surface area contributed by atoms with E-state index in [0.29, 0.717) is 11.1 Å². The number of hydrogen-bond acceptors (Lipinski definition) is 2. The fourth-order valence-corrected chi connectivity index (χ4v) is 2.62. The van der Waals surface area contributed by atoms with Gasteiger partial charge in [0.05, 0.1) is 5.02 Å². The van der Waals surface area contributed by atoms with Gasteiger partial charge in [0.25, 0.3) is 0 Å². The van der Waals surface area contributed by atoms with Crippen molar-refractivity contribution in [1.29, 1.82) is 0 Å². The van der Waals surface area contributed by atoms with Gasteiger partial charge in [-0.15, -0.1) is 0 Å². The fraction of sp³-hybridized carbons (Fsp3) is 0.571. The minimum atomic E-state index is 0.253. The second kappa shape index (κ2) is 6.27. The third-order valence-corrected chi connectivity index (χ3v) is 3.60. The van der Waals surface area contributed by atoms with Crippen molar-refractivity contribution in [1.82, 2.24) is 5.32 Å². The zero-order valence-corrected chi connectivity index (χ0v) is 11.0. The number of hydrogen-bond donors (Lipinski definition) is 1. The third-order valence-electron chi connectivity index (χ3n) is 3.28. The van der Waals surface area contributed by atoms with Crippen LogP contribution in [0.5, 0.6) is 5.75 Å². The first-order valence-electron chi connectivity index (χ1n) is 6.46. The minimum absolute atomic E-state index is 0.253. The zero-order chi connectivity index (χ0) is 12.1. The normalized spacial score (nSPS) is 24.6. The van der Waals surface area contributed by atoms with Gasteiger partial charge in [0, 0.05) is 6.04 Å². The average Bonchev–Trinajstić information content (AvgIpc) is 2.35. The van der Waals surface area contributed by atoms with Crippen LogP contribution in [-0.4, -0.2) is 18.7 Å². The molecule has 2 rings (SSSR count). The Morgan fingerprint density at radius 2 is 2.06 bits per heavy atom. The summed E-state index contributed by atoms with van der Waals surface area (Å²) in [6.45, 7) is 3.13. The first-order valence-corrected chi connectivity index (χ1v) is 6.83.